The molecule has 7 rings (SSSR count). The summed E-state index contributed by atoms with van der Waals surface area (Å²) in [4.78, 5) is 8.48. The summed E-state index contributed by atoms with van der Waals surface area (Å²) in [7, 11) is 0. The van der Waals surface area contributed by atoms with Crippen LogP contribution in [0, 0.1) is 27.7 Å². The van der Waals surface area contributed by atoms with Gasteiger partial charge in [-0.25, -0.2) is 0 Å². The first-order chi connectivity index (χ1) is 21.2. The Bertz CT molecular complexity index is 1960. The molecule has 0 bridgehead atoms. The summed E-state index contributed by atoms with van der Waals surface area (Å²) in [5.41, 5.74) is -2.06. The lowest BCUT2D eigenvalue weighted by molar-refractivity contribution is -0.254. The number of allylic oxidation sites excluding steroid dienone is 2. The van der Waals surface area contributed by atoms with E-state index in [1.54, 1.807) is 34.8 Å². The molecule has 45 heavy (non-hydrogen) atoms. The Labute approximate surface area is 279 Å². The zero-order chi connectivity index (χ0) is 32.1. The number of hydrogen-bond acceptors (Lipinski definition) is 6. The molecule has 6 aromatic rings. The second kappa shape index (κ2) is 10.8. The highest BCUT2D eigenvalue weighted by Gasteiger charge is 2.80. The maximum Gasteiger partial charge on any atom is 0.380 e. The first kappa shape index (κ1) is 31.1. The molecule has 0 N–H and O–H groups in total. The molecule has 0 aromatic carbocycles. The highest BCUT2D eigenvalue weighted by Crippen LogP contribution is 2.67. The van der Waals surface area contributed by atoms with Crippen LogP contribution in [0.4, 0.5) is 26.3 Å². The van der Waals surface area contributed by atoms with Gasteiger partial charge in [0.25, 0.3) is 0 Å². The van der Waals surface area contributed by atoms with Crippen molar-refractivity contribution in [2.75, 3.05) is 0 Å². The minimum Gasteiger partial charge on any atom is -0.194 e. The van der Waals surface area contributed by atoms with Gasteiger partial charge in [0.1, 0.15) is 0 Å². The first-order valence-electron chi connectivity index (χ1n) is 13.6. The van der Waals surface area contributed by atoms with Crippen LogP contribution in [0.25, 0.3) is 50.2 Å². The van der Waals surface area contributed by atoms with E-state index in [4.69, 9.17) is 0 Å². The van der Waals surface area contributed by atoms with Crippen molar-refractivity contribution in [3.63, 3.8) is 0 Å². The van der Waals surface area contributed by atoms with Gasteiger partial charge in [-0.1, -0.05) is 0 Å². The standard InChI is InChI=1S/C33H22F6S6/c1-15-13-25(23-11-9-21(42-23)19-7-5-17(3)40-19)44-29(15)27-28(32(36,37)33(38,39)31(27,34)35)30-16(2)14-26(45-30)24-12-10-22(43-24)20-8-6-18(4)41-20/h5-14H,1-4H3. The first-order valence-corrected chi connectivity index (χ1v) is 18.5. The van der Waals surface area contributed by atoms with Crippen molar-refractivity contribution in [2.45, 2.75) is 45.5 Å². The van der Waals surface area contributed by atoms with Crippen molar-refractivity contribution in [2.24, 2.45) is 0 Å². The third kappa shape index (κ3) is 4.86. The maximum atomic E-state index is 15.7. The van der Waals surface area contributed by atoms with E-state index in [0.717, 1.165) is 61.7 Å². The predicted octanol–water partition coefficient (Wildman–Crippen LogP) is 13.8. The van der Waals surface area contributed by atoms with E-state index < -0.39 is 28.9 Å². The van der Waals surface area contributed by atoms with Crippen LogP contribution < -0.4 is 0 Å². The van der Waals surface area contributed by atoms with Crippen LogP contribution in [-0.2, 0) is 0 Å². The van der Waals surface area contributed by atoms with Crippen molar-refractivity contribution in [3.05, 3.63) is 91.3 Å². The van der Waals surface area contributed by atoms with E-state index in [9.17, 15) is 0 Å². The molecule has 0 saturated carbocycles. The quantitative estimate of drug-likeness (QED) is 0.150. The average Bonchev–Trinajstić information content (AvgIpc) is 3.80. The Hall–Kier alpha value is -2.48. The van der Waals surface area contributed by atoms with Crippen molar-refractivity contribution in [3.8, 4) is 39.0 Å². The van der Waals surface area contributed by atoms with Crippen molar-refractivity contribution in [1.82, 2.24) is 0 Å². The third-order valence-electron chi connectivity index (χ3n) is 7.62. The van der Waals surface area contributed by atoms with Crippen LogP contribution in [0.2, 0.25) is 0 Å². The fourth-order valence-corrected chi connectivity index (χ4v) is 12.0. The topological polar surface area (TPSA) is 0 Å². The van der Waals surface area contributed by atoms with Crippen molar-refractivity contribution in [1.29, 1.82) is 0 Å². The fraction of sp³-hybridized carbons (Fsp3) is 0.212. The molecule has 1 aliphatic rings. The summed E-state index contributed by atoms with van der Waals surface area (Å²) in [6, 6.07) is 18.8. The molecule has 0 saturated heterocycles. The summed E-state index contributed by atoms with van der Waals surface area (Å²) in [5, 5.41) is 0. The van der Waals surface area contributed by atoms with E-state index in [1.165, 1.54) is 36.5 Å². The minimum absolute atomic E-state index is 0.246. The van der Waals surface area contributed by atoms with Crippen LogP contribution in [0.1, 0.15) is 30.6 Å². The van der Waals surface area contributed by atoms with Crippen LogP contribution in [0.5, 0.6) is 0 Å². The van der Waals surface area contributed by atoms with E-state index in [2.05, 4.69) is 0 Å². The van der Waals surface area contributed by atoms with Gasteiger partial charge in [0.05, 0.1) is 11.1 Å². The number of thiophene rings is 6. The number of hydrogen-bond donors (Lipinski definition) is 0. The lowest BCUT2D eigenvalue weighted by Gasteiger charge is -2.25. The third-order valence-corrected chi connectivity index (χ3v) is 15.1. The van der Waals surface area contributed by atoms with Gasteiger partial charge < -0.3 is 0 Å². The molecule has 6 heterocycles. The molecule has 0 amide bonds. The Balaban J connectivity index is 1.35. The van der Waals surface area contributed by atoms with Gasteiger partial charge >= 0.3 is 17.8 Å². The molecule has 12 heteroatoms. The fourth-order valence-electron chi connectivity index (χ4n) is 5.38. The normalized spacial score (nSPS) is 17.1. The lowest BCUT2D eigenvalue weighted by atomic mass is 10.0. The molecule has 6 aromatic heterocycles. The van der Waals surface area contributed by atoms with Gasteiger partial charge in [0.2, 0.25) is 0 Å². The Morgan fingerprint density at radius 3 is 1.04 bits per heavy atom. The van der Waals surface area contributed by atoms with Crippen LogP contribution in [-0.4, -0.2) is 17.8 Å². The van der Waals surface area contributed by atoms with Crippen LogP contribution in [0.3, 0.4) is 0 Å². The molecule has 0 atom stereocenters. The maximum absolute atomic E-state index is 15.7. The highest BCUT2D eigenvalue weighted by atomic mass is 32.1. The van der Waals surface area contributed by atoms with Gasteiger partial charge in [0, 0.05) is 58.5 Å². The van der Waals surface area contributed by atoms with Gasteiger partial charge in [0.15, 0.2) is 0 Å². The Morgan fingerprint density at radius 1 is 0.400 bits per heavy atom. The second-order valence-corrected chi connectivity index (χ2v) is 17.7. The molecule has 1 aliphatic carbocycles. The highest BCUT2D eigenvalue weighted by molar-refractivity contribution is 7.27. The van der Waals surface area contributed by atoms with E-state index in [-0.39, 0.29) is 20.9 Å². The molecular formula is C33H22F6S6. The summed E-state index contributed by atoms with van der Waals surface area (Å²) >= 11 is 7.84. The monoisotopic (exact) mass is 724 g/mol. The number of alkyl halides is 6. The summed E-state index contributed by atoms with van der Waals surface area (Å²) in [5.74, 6) is -15.8. The van der Waals surface area contributed by atoms with Crippen LogP contribution in [0.15, 0.2) is 60.7 Å². The SMILES string of the molecule is Cc1ccc(-c2ccc(-c3cc(C)c(C4=C(c5sc(-c6ccc(-c7ccc(C)s7)s6)cc5C)C(F)(F)C(F)(F)C4(F)F)s3)s2)s1. The van der Waals surface area contributed by atoms with E-state index in [1.807, 2.05) is 62.4 Å². The van der Waals surface area contributed by atoms with Gasteiger partial charge in [-0.3, -0.25) is 0 Å². The molecular weight excluding hydrogens is 703 g/mol. The van der Waals surface area contributed by atoms with E-state index in [0.29, 0.717) is 9.75 Å². The van der Waals surface area contributed by atoms with Gasteiger partial charge in [-0.2, -0.15) is 26.3 Å². The zero-order valence-electron chi connectivity index (χ0n) is 24.0. The molecule has 0 fully saturated rings. The van der Waals surface area contributed by atoms with Gasteiger partial charge in [-0.15, -0.1) is 68.0 Å². The minimum atomic E-state index is -5.60. The molecule has 0 spiro atoms. The molecule has 0 radical (unpaired) electrons. The number of aryl methyl sites for hydroxylation is 4. The van der Waals surface area contributed by atoms with Crippen molar-refractivity contribution < 1.29 is 26.3 Å². The zero-order valence-corrected chi connectivity index (χ0v) is 28.9. The predicted molar refractivity (Wildman–Crippen MR) is 182 cm³/mol. The Morgan fingerprint density at radius 2 is 0.711 bits per heavy atom. The number of halogens is 6. The molecule has 0 unspecified atom stereocenters. The second-order valence-electron chi connectivity index (χ2n) is 10.9. The Kier molecular flexibility index (Phi) is 7.46. The average molecular weight is 725 g/mol. The smallest absolute Gasteiger partial charge is 0.194 e. The molecule has 232 valence electrons. The lowest BCUT2D eigenvalue weighted by Crippen LogP contribution is -2.48. The van der Waals surface area contributed by atoms with Gasteiger partial charge in [-0.05, 0) is 99.5 Å². The van der Waals surface area contributed by atoms with Crippen LogP contribution >= 0.6 is 68.0 Å². The summed E-state index contributed by atoms with van der Waals surface area (Å²) in [6.07, 6.45) is 0. The van der Waals surface area contributed by atoms with E-state index >= 15 is 26.3 Å². The van der Waals surface area contributed by atoms with Crippen molar-refractivity contribution >= 4 is 79.2 Å². The summed E-state index contributed by atoms with van der Waals surface area (Å²) < 4.78 is 93.1. The summed E-state index contributed by atoms with van der Waals surface area (Å²) in [6.45, 7) is 7.01. The number of rotatable bonds is 6. The molecule has 0 aliphatic heterocycles. The largest absolute Gasteiger partial charge is 0.380 e. The molecule has 0 nitrogen and oxygen atoms in total.